The second-order valence-corrected chi connectivity index (χ2v) is 8.66. The van der Waals surface area contributed by atoms with Gasteiger partial charge in [-0.3, -0.25) is 9.69 Å². The molecule has 0 unspecified atom stereocenters. The number of amides is 2. The highest BCUT2D eigenvalue weighted by Crippen LogP contribution is 2.25. The van der Waals surface area contributed by atoms with E-state index in [1.54, 1.807) is 47.4 Å². The van der Waals surface area contributed by atoms with Gasteiger partial charge >= 0.3 is 6.09 Å². The molecule has 4 rings (SSSR count). The van der Waals surface area contributed by atoms with Crippen LogP contribution in [-0.2, 0) is 24.3 Å². The van der Waals surface area contributed by atoms with E-state index < -0.39 is 22.2 Å². The maximum absolute atomic E-state index is 12.3. The molecule has 2 heterocycles. The predicted octanol–water partition coefficient (Wildman–Crippen LogP) is 1.35. The van der Waals surface area contributed by atoms with Crippen molar-refractivity contribution >= 4 is 33.4 Å². The van der Waals surface area contributed by atoms with Crippen molar-refractivity contribution in [2.45, 2.75) is 11.0 Å². The Morgan fingerprint density at radius 3 is 2.30 bits per heavy atom. The Balaban J connectivity index is 1.38. The molecule has 2 aliphatic heterocycles. The van der Waals surface area contributed by atoms with Gasteiger partial charge in [-0.2, -0.15) is 0 Å². The molecule has 158 valence electrons. The van der Waals surface area contributed by atoms with Gasteiger partial charge in [-0.25, -0.2) is 17.9 Å². The SMILES string of the molecule is O=C1COCCN1c1ccc(N2C[C@H](CNS(=O)(=O)c3ccccc3)OC2=O)cc1. The summed E-state index contributed by atoms with van der Waals surface area (Å²) in [7, 11) is -3.68. The number of sulfonamides is 1. The summed E-state index contributed by atoms with van der Waals surface area (Å²) in [4.78, 5) is 27.4. The number of hydrogen-bond donors (Lipinski definition) is 1. The minimum atomic E-state index is -3.68. The monoisotopic (exact) mass is 431 g/mol. The van der Waals surface area contributed by atoms with Gasteiger partial charge in [-0.15, -0.1) is 0 Å². The maximum Gasteiger partial charge on any atom is 0.414 e. The fraction of sp³-hybridized carbons (Fsp3) is 0.300. The maximum atomic E-state index is 12.3. The Labute approximate surface area is 174 Å². The van der Waals surface area contributed by atoms with Crippen molar-refractivity contribution < 1.29 is 27.5 Å². The number of benzene rings is 2. The molecule has 0 bridgehead atoms. The number of hydrogen-bond acceptors (Lipinski definition) is 6. The predicted molar refractivity (Wildman–Crippen MR) is 109 cm³/mol. The summed E-state index contributed by atoms with van der Waals surface area (Å²) in [6, 6.07) is 15.0. The molecule has 2 fully saturated rings. The van der Waals surface area contributed by atoms with Crippen molar-refractivity contribution in [1.29, 1.82) is 0 Å². The Kier molecular flexibility index (Phi) is 5.71. The van der Waals surface area contributed by atoms with E-state index in [0.717, 1.165) is 5.69 Å². The van der Waals surface area contributed by atoms with Gasteiger partial charge in [0.25, 0.3) is 5.91 Å². The molecule has 2 amide bonds. The first-order chi connectivity index (χ1) is 14.4. The van der Waals surface area contributed by atoms with Gasteiger partial charge in [0.15, 0.2) is 0 Å². The average Bonchev–Trinajstić information content (AvgIpc) is 3.14. The van der Waals surface area contributed by atoms with E-state index in [1.807, 2.05) is 0 Å². The lowest BCUT2D eigenvalue weighted by Crippen LogP contribution is -2.41. The lowest BCUT2D eigenvalue weighted by atomic mass is 10.2. The van der Waals surface area contributed by atoms with Crippen LogP contribution in [0, 0.1) is 0 Å². The number of nitrogens with one attached hydrogen (secondary N) is 1. The normalized spacial score (nSPS) is 19.8. The van der Waals surface area contributed by atoms with Crippen LogP contribution < -0.4 is 14.5 Å². The summed E-state index contributed by atoms with van der Waals surface area (Å²) in [5.41, 5.74) is 1.34. The van der Waals surface area contributed by atoms with Crippen molar-refractivity contribution in [3.8, 4) is 0 Å². The van der Waals surface area contributed by atoms with Crippen LogP contribution in [0.4, 0.5) is 16.2 Å². The van der Waals surface area contributed by atoms with E-state index in [4.69, 9.17) is 9.47 Å². The van der Waals surface area contributed by atoms with Crippen molar-refractivity contribution in [3.63, 3.8) is 0 Å². The molecular weight excluding hydrogens is 410 g/mol. The molecule has 0 radical (unpaired) electrons. The molecule has 2 aliphatic rings. The molecule has 2 aromatic rings. The molecule has 0 aliphatic carbocycles. The minimum absolute atomic E-state index is 0.0279. The number of morpholine rings is 1. The van der Waals surface area contributed by atoms with Gasteiger partial charge in [0.05, 0.1) is 18.0 Å². The van der Waals surface area contributed by atoms with Crippen molar-refractivity contribution in [2.24, 2.45) is 0 Å². The second-order valence-electron chi connectivity index (χ2n) is 6.90. The third-order valence-electron chi connectivity index (χ3n) is 4.89. The smallest absolute Gasteiger partial charge is 0.414 e. The molecule has 2 aromatic carbocycles. The van der Waals surface area contributed by atoms with Gasteiger partial charge in [0.1, 0.15) is 12.7 Å². The zero-order valence-electron chi connectivity index (χ0n) is 16.1. The Morgan fingerprint density at radius 1 is 0.967 bits per heavy atom. The van der Waals surface area contributed by atoms with Crippen molar-refractivity contribution in [1.82, 2.24) is 4.72 Å². The number of cyclic esters (lactones) is 1. The van der Waals surface area contributed by atoms with Crippen LogP contribution in [0.2, 0.25) is 0 Å². The number of nitrogens with zero attached hydrogens (tertiary/aromatic N) is 2. The molecule has 0 aromatic heterocycles. The summed E-state index contributed by atoms with van der Waals surface area (Å²) in [5, 5.41) is 0. The fourth-order valence-corrected chi connectivity index (χ4v) is 4.42. The summed E-state index contributed by atoms with van der Waals surface area (Å²) in [5.74, 6) is -0.111. The summed E-state index contributed by atoms with van der Waals surface area (Å²) in [6.07, 6.45) is -1.16. The molecule has 30 heavy (non-hydrogen) atoms. The van der Waals surface area contributed by atoms with Crippen LogP contribution in [0.25, 0.3) is 0 Å². The Bertz CT molecular complexity index is 1030. The Hall–Kier alpha value is -2.95. The number of anilines is 2. The Morgan fingerprint density at radius 2 is 1.63 bits per heavy atom. The molecule has 0 saturated carbocycles. The summed E-state index contributed by atoms with van der Waals surface area (Å²) < 4.78 is 37.6. The van der Waals surface area contributed by atoms with E-state index in [9.17, 15) is 18.0 Å². The number of carbonyl (C=O) groups excluding carboxylic acids is 2. The van der Waals surface area contributed by atoms with Crippen molar-refractivity contribution in [2.75, 3.05) is 42.6 Å². The zero-order valence-corrected chi connectivity index (χ0v) is 16.9. The molecule has 9 nitrogen and oxygen atoms in total. The average molecular weight is 431 g/mol. The van der Waals surface area contributed by atoms with Crippen LogP contribution in [0.1, 0.15) is 0 Å². The van der Waals surface area contributed by atoms with Gasteiger partial charge in [0.2, 0.25) is 10.0 Å². The number of rotatable bonds is 6. The molecule has 2 saturated heterocycles. The van der Waals surface area contributed by atoms with Crippen LogP contribution in [-0.4, -0.2) is 59.4 Å². The second kappa shape index (κ2) is 8.42. The molecule has 1 atom stereocenters. The molecule has 10 heteroatoms. The highest BCUT2D eigenvalue weighted by Gasteiger charge is 2.33. The van der Waals surface area contributed by atoms with Crippen molar-refractivity contribution in [3.05, 3.63) is 54.6 Å². The van der Waals surface area contributed by atoms with Crippen LogP contribution in [0.5, 0.6) is 0 Å². The highest BCUT2D eigenvalue weighted by atomic mass is 32.2. The number of ether oxygens (including phenoxy) is 2. The molecule has 1 N–H and O–H groups in total. The third kappa shape index (κ3) is 4.30. The van der Waals surface area contributed by atoms with Gasteiger partial charge in [-0.1, -0.05) is 18.2 Å². The third-order valence-corrected chi connectivity index (χ3v) is 6.33. The quantitative estimate of drug-likeness (QED) is 0.740. The van der Waals surface area contributed by atoms with Crippen LogP contribution >= 0.6 is 0 Å². The van der Waals surface area contributed by atoms with E-state index in [0.29, 0.717) is 18.8 Å². The summed E-state index contributed by atoms with van der Waals surface area (Å²) in [6.45, 7) is 1.20. The first-order valence-corrected chi connectivity index (χ1v) is 10.9. The number of carbonyl (C=O) groups is 2. The largest absolute Gasteiger partial charge is 0.443 e. The van der Waals surface area contributed by atoms with E-state index in [-0.39, 0.29) is 30.5 Å². The molecular formula is C20H21N3O6S. The highest BCUT2D eigenvalue weighted by molar-refractivity contribution is 7.89. The van der Waals surface area contributed by atoms with E-state index >= 15 is 0 Å². The first kappa shape index (κ1) is 20.3. The summed E-state index contributed by atoms with van der Waals surface area (Å²) >= 11 is 0. The molecule has 0 spiro atoms. The van der Waals surface area contributed by atoms with E-state index in [1.165, 1.54) is 17.0 Å². The van der Waals surface area contributed by atoms with Gasteiger partial charge < -0.3 is 14.4 Å². The van der Waals surface area contributed by atoms with Gasteiger partial charge in [-0.05, 0) is 36.4 Å². The fourth-order valence-electron chi connectivity index (χ4n) is 3.33. The standard InChI is InChI=1S/C20H21N3O6S/c24-19-14-28-11-10-22(19)15-6-8-16(9-7-15)23-13-17(29-20(23)25)12-21-30(26,27)18-4-2-1-3-5-18/h1-9,17,21H,10-14H2/t17-/m0/s1. The lowest BCUT2D eigenvalue weighted by Gasteiger charge is -2.27. The topological polar surface area (TPSA) is 105 Å². The van der Waals surface area contributed by atoms with Gasteiger partial charge in [0, 0.05) is 24.5 Å². The minimum Gasteiger partial charge on any atom is -0.443 e. The van der Waals surface area contributed by atoms with Crippen LogP contribution in [0.15, 0.2) is 59.5 Å². The van der Waals surface area contributed by atoms with Crippen LogP contribution in [0.3, 0.4) is 0 Å². The lowest BCUT2D eigenvalue weighted by molar-refractivity contribution is -0.125. The van der Waals surface area contributed by atoms with E-state index in [2.05, 4.69) is 4.72 Å². The zero-order chi connectivity index (χ0) is 21.1. The first-order valence-electron chi connectivity index (χ1n) is 9.45.